The maximum Gasteiger partial charge on any atom is 0.0453 e. The Morgan fingerprint density at radius 3 is 2.72 bits per heavy atom. The van der Waals surface area contributed by atoms with Crippen molar-refractivity contribution in [2.75, 3.05) is 0 Å². The summed E-state index contributed by atoms with van der Waals surface area (Å²) in [5.74, 6) is 0. The molecule has 0 fully saturated rings. The molecule has 4 heteroatoms. The van der Waals surface area contributed by atoms with E-state index in [2.05, 4.69) is 4.98 Å². The summed E-state index contributed by atoms with van der Waals surface area (Å²) in [7, 11) is 0. The Bertz CT molecular complexity index is 555. The van der Waals surface area contributed by atoms with Gasteiger partial charge in [0.2, 0.25) is 0 Å². The number of pyridine rings is 1. The summed E-state index contributed by atoms with van der Waals surface area (Å²) in [5.41, 5.74) is 9.39. The Hall–Kier alpha value is -1.09. The molecule has 0 saturated carbocycles. The van der Waals surface area contributed by atoms with Crippen molar-refractivity contribution in [1.82, 2.24) is 4.98 Å². The molecule has 2 N–H and O–H groups in total. The first-order valence-electron chi connectivity index (χ1n) is 5.68. The lowest BCUT2D eigenvalue weighted by molar-refractivity contribution is 0.712. The smallest absolute Gasteiger partial charge is 0.0453 e. The number of aryl methyl sites for hydroxylation is 1. The SMILES string of the molecule is Cc1ccncc1C(N)Cc1ccc(Cl)cc1Cl. The topological polar surface area (TPSA) is 38.9 Å². The molecular weight excluding hydrogens is 267 g/mol. The third-order valence-electron chi connectivity index (χ3n) is 2.93. The highest BCUT2D eigenvalue weighted by molar-refractivity contribution is 6.35. The summed E-state index contributed by atoms with van der Waals surface area (Å²) in [6, 6.07) is 7.32. The molecule has 1 heterocycles. The van der Waals surface area contributed by atoms with Crippen LogP contribution in [0.15, 0.2) is 36.7 Å². The number of hydrogen-bond donors (Lipinski definition) is 1. The van der Waals surface area contributed by atoms with Crippen LogP contribution in [0.1, 0.15) is 22.7 Å². The van der Waals surface area contributed by atoms with Crippen LogP contribution in [0.2, 0.25) is 10.0 Å². The lowest BCUT2D eigenvalue weighted by Gasteiger charge is -2.15. The summed E-state index contributed by atoms with van der Waals surface area (Å²) in [6.45, 7) is 2.03. The zero-order chi connectivity index (χ0) is 13.1. The predicted octanol–water partition coefficient (Wildman–Crippen LogP) is 3.94. The van der Waals surface area contributed by atoms with Gasteiger partial charge in [-0.2, -0.15) is 0 Å². The minimum Gasteiger partial charge on any atom is -0.324 e. The van der Waals surface area contributed by atoms with E-state index in [-0.39, 0.29) is 6.04 Å². The van der Waals surface area contributed by atoms with Gasteiger partial charge in [0, 0.05) is 28.5 Å². The fourth-order valence-corrected chi connectivity index (χ4v) is 2.38. The molecule has 1 aromatic carbocycles. The van der Waals surface area contributed by atoms with Gasteiger partial charge in [-0.1, -0.05) is 29.3 Å². The monoisotopic (exact) mass is 280 g/mol. The molecule has 94 valence electrons. The minimum atomic E-state index is -0.114. The van der Waals surface area contributed by atoms with Gasteiger partial charge in [-0.25, -0.2) is 0 Å². The van der Waals surface area contributed by atoms with Crippen LogP contribution in [-0.4, -0.2) is 4.98 Å². The summed E-state index contributed by atoms with van der Waals surface area (Å²) >= 11 is 12.0. The van der Waals surface area contributed by atoms with Crippen molar-refractivity contribution < 1.29 is 0 Å². The van der Waals surface area contributed by atoms with Crippen molar-refractivity contribution in [1.29, 1.82) is 0 Å². The second kappa shape index (κ2) is 5.70. The van der Waals surface area contributed by atoms with Crippen LogP contribution < -0.4 is 5.73 Å². The average Bonchev–Trinajstić information content (AvgIpc) is 2.33. The highest BCUT2D eigenvalue weighted by Crippen LogP contribution is 2.25. The molecule has 1 aromatic heterocycles. The van der Waals surface area contributed by atoms with Crippen molar-refractivity contribution in [3.8, 4) is 0 Å². The molecule has 1 unspecified atom stereocenters. The lowest BCUT2D eigenvalue weighted by atomic mass is 9.98. The largest absolute Gasteiger partial charge is 0.324 e. The standard InChI is InChI=1S/C14H14Cl2N2/c1-9-4-5-18-8-12(9)14(17)6-10-2-3-11(15)7-13(10)16/h2-5,7-8,14H,6,17H2,1H3. The van der Waals surface area contributed by atoms with Crippen LogP contribution in [0.25, 0.3) is 0 Å². The van der Waals surface area contributed by atoms with Gasteiger partial charge in [0.05, 0.1) is 0 Å². The van der Waals surface area contributed by atoms with Crippen molar-refractivity contribution in [3.05, 3.63) is 63.4 Å². The predicted molar refractivity (Wildman–Crippen MR) is 76.1 cm³/mol. The number of rotatable bonds is 3. The van der Waals surface area contributed by atoms with Crippen LogP contribution in [0.3, 0.4) is 0 Å². The zero-order valence-electron chi connectivity index (χ0n) is 10.0. The summed E-state index contributed by atoms with van der Waals surface area (Å²) in [5, 5.41) is 1.29. The summed E-state index contributed by atoms with van der Waals surface area (Å²) < 4.78 is 0. The molecule has 2 aromatic rings. The van der Waals surface area contributed by atoms with Gasteiger partial charge < -0.3 is 5.73 Å². The van der Waals surface area contributed by atoms with Gasteiger partial charge >= 0.3 is 0 Å². The van der Waals surface area contributed by atoms with Crippen molar-refractivity contribution >= 4 is 23.2 Å². The van der Waals surface area contributed by atoms with Crippen LogP contribution in [0, 0.1) is 6.92 Å². The first-order chi connectivity index (χ1) is 8.58. The maximum atomic E-state index is 6.20. The van der Waals surface area contributed by atoms with E-state index < -0.39 is 0 Å². The first kappa shape index (κ1) is 13.3. The molecule has 1 atom stereocenters. The highest BCUT2D eigenvalue weighted by Gasteiger charge is 2.12. The Labute approximate surface area is 117 Å². The normalized spacial score (nSPS) is 12.4. The maximum absolute atomic E-state index is 6.20. The van der Waals surface area contributed by atoms with Crippen molar-refractivity contribution in [2.24, 2.45) is 5.73 Å². The molecule has 2 rings (SSSR count). The van der Waals surface area contributed by atoms with Crippen LogP contribution >= 0.6 is 23.2 Å². The summed E-state index contributed by atoms with van der Waals surface area (Å²) in [4.78, 5) is 4.11. The van der Waals surface area contributed by atoms with E-state index in [1.807, 2.05) is 31.3 Å². The number of nitrogens with zero attached hydrogens (tertiary/aromatic N) is 1. The van der Waals surface area contributed by atoms with Crippen LogP contribution in [0.4, 0.5) is 0 Å². The highest BCUT2D eigenvalue weighted by atomic mass is 35.5. The number of hydrogen-bond acceptors (Lipinski definition) is 2. The quantitative estimate of drug-likeness (QED) is 0.925. The third kappa shape index (κ3) is 3.02. The fourth-order valence-electron chi connectivity index (χ4n) is 1.90. The van der Waals surface area contributed by atoms with Crippen molar-refractivity contribution in [2.45, 2.75) is 19.4 Å². The lowest BCUT2D eigenvalue weighted by Crippen LogP contribution is -2.15. The zero-order valence-corrected chi connectivity index (χ0v) is 11.5. The van der Waals surface area contributed by atoms with Crippen molar-refractivity contribution in [3.63, 3.8) is 0 Å². The molecule has 0 radical (unpaired) electrons. The molecule has 2 nitrogen and oxygen atoms in total. The van der Waals surface area contributed by atoms with Gasteiger partial charge in [0.15, 0.2) is 0 Å². The Morgan fingerprint density at radius 1 is 1.28 bits per heavy atom. The Balaban J connectivity index is 2.21. The second-order valence-corrected chi connectivity index (χ2v) is 5.12. The fraction of sp³-hybridized carbons (Fsp3) is 0.214. The molecule has 0 amide bonds. The molecule has 0 aliphatic carbocycles. The van der Waals surface area contributed by atoms with Crippen LogP contribution in [-0.2, 0) is 6.42 Å². The molecule has 0 saturated heterocycles. The molecule has 0 aliphatic rings. The van der Waals surface area contributed by atoms with Crippen LogP contribution in [0.5, 0.6) is 0 Å². The number of aromatic nitrogens is 1. The molecule has 18 heavy (non-hydrogen) atoms. The number of halogens is 2. The number of benzene rings is 1. The summed E-state index contributed by atoms with van der Waals surface area (Å²) in [6.07, 6.45) is 4.24. The van der Waals surface area contributed by atoms with E-state index in [1.165, 1.54) is 0 Å². The average molecular weight is 281 g/mol. The molecular formula is C14H14Cl2N2. The van der Waals surface area contributed by atoms with Gasteiger partial charge in [-0.3, -0.25) is 4.98 Å². The van der Waals surface area contributed by atoms with E-state index in [4.69, 9.17) is 28.9 Å². The molecule has 0 bridgehead atoms. The van der Waals surface area contributed by atoms with Gasteiger partial charge in [0.1, 0.15) is 0 Å². The third-order valence-corrected chi connectivity index (χ3v) is 3.52. The first-order valence-corrected chi connectivity index (χ1v) is 6.43. The van der Waals surface area contributed by atoms with E-state index in [9.17, 15) is 0 Å². The molecule has 0 aliphatic heterocycles. The molecule has 0 spiro atoms. The van der Waals surface area contributed by atoms with E-state index >= 15 is 0 Å². The van der Waals surface area contributed by atoms with E-state index in [1.54, 1.807) is 12.3 Å². The minimum absolute atomic E-state index is 0.114. The van der Waals surface area contributed by atoms with E-state index in [0.717, 1.165) is 16.7 Å². The van der Waals surface area contributed by atoms with Gasteiger partial charge in [-0.15, -0.1) is 0 Å². The van der Waals surface area contributed by atoms with E-state index in [0.29, 0.717) is 16.5 Å². The Kier molecular flexibility index (Phi) is 4.23. The number of nitrogens with two attached hydrogens (primary N) is 1. The second-order valence-electron chi connectivity index (χ2n) is 4.28. The van der Waals surface area contributed by atoms with Gasteiger partial charge in [-0.05, 0) is 48.2 Å². The van der Waals surface area contributed by atoms with Gasteiger partial charge in [0.25, 0.3) is 0 Å². The Morgan fingerprint density at radius 2 is 2.06 bits per heavy atom.